The van der Waals surface area contributed by atoms with Crippen LogP contribution in [0.4, 0.5) is 0 Å². The van der Waals surface area contributed by atoms with Gasteiger partial charge in [0.2, 0.25) is 0 Å². The third-order valence-electron chi connectivity index (χ3n) is 1.92. The number of hydrogen-bond donors (Lipinski definition) is 0. The molecule has 1 aliphatic rings. The first-order valence-corrected chi connectivity index (χ1v) is 4.53. The second kappa shape index (κ2) is 3.91. The normalized spacial score (nSPS) is 17.9. The van der Waals surface area contributed by atoms with Crippen molar-refractivity contribution in [3.8, 4) is 0 Å². The molecule has 10 heavy (non-hydrogen) atoms. The summed E-state index contributed by atoms with van der Waals surface area (Å²) in [6, 6.07) is 0. The second-order valence-corrected chi connectivity index (χ2v) is 3.31. The van der Waals surface area contributed by atoms with Crippen LogP contribution in [0.25, 0.3) is 0 Å². The van der Waals surface area contributed by atoms with Crippen LogP contribution in [-0.2, 0) is 0 Å². The summed E-state index contributed by atoms with van der Waals surface area (Å²) in [6.07, 6.45) is 4.97. The highest BCUT2D eigenvalue weighted by Gasteiger charge is 2.12. The fourth-order valence-electron chi connectivity index (χ4n) is 1.34. The third-order valence-corrected chi connectivity index (χ3v) is 2.38. The van der Waals surface area contributed by atoms with Gasteiger partial charge >= 0.3 is 0 Å². The quantitative estimate of drug-likeness (QED) is 0.565. The minimum absolute atomic E-state index is 1.11. The highest BCUT2D eigenvalue weighted by Crippen LogP contribution is 2.10. The molecule has 0 unspecified atom stereocenters. The van der Waals surface area contributed by atoms with E-state index in [1.54, 1.807) is 0 Å². The zero-order chi connectivity index (χ0) is 7.40. The first-order valence-electron chi connectivity index (χ1n) is 4.12. The van der Waals surface area contributed by atoms with Crippen LogP contribution in [0.2, 0.25) is 0 Å². The Morgan fingerprint density at radius 3 is 2.50 bits per heavy atom. The van der Waals surface area contributed by atoms with E-state index in [0.29, 0.717) is 0 Å². The molecular weight excluding hydrogens is 142 g/mol. The molecule has 1 aliphatic heterocycles. The zero-order valence-corrected chi connectivity index (χ0v) is 7.41. The van der Waals surface area contributed by atoms with Crippen LogP contribution < -0.4 is 0 Å². The van der Waals surface area contributed by atoms with Gasteiger partial charge in [-0.3, -0.25) is 0 Å². The Morgan fingerprint density at radius 2 is 2.00 bits per heavy atom. The molecule has 2 heteroatoms. The molecule has 0 radical (unpaired) electrons. The van der Waals surface area contributed by atoms with Gasteiger partial charge < -0.3 is 4.90 Å². The van der Waals surface area contributed by atoms with Crippen LogP contribution in [0, 0.1) is 0 Å². The number of thiocarbonyl (C=S) groups is 1. The van der Waals surface area contributed by atoms with Crippen LogP contribution in [-0.4, -0.2) is 23.0 Å². The van der Waals surface area contributed by atoms with Crippen molar-refractivity contribution in [2.75, 3.05) is 13.1 Å². The Kier molecular flexibility index (Phi) is 3.13. The van der Waals surface area contributed by atoms with Gasteiger partial charge in [-0.1, -0.05) is 19.1 Å². The van der Waals surface area contributed by atoms with Crippen LogP contribution >= 0.6 is 12.2 Å². The van der Waals surface area contributed by atoms with E-state index in [9.17, 15) is 0 Å². The number of nitrogens with zero attached hydrogens (tertiary/aromatic N) is 1. The monoisotopic (exact) mass is 157 g/mol. The van der Waals surface area contributed by atoms with Gasteiger partial charge in [-0.15, -0.1) is 0 Å². The zero-order valence-electron chi connectivity index (χ0n) is 6.60. The van der Waals surface area contributed by atoms with Gasteiger partial charge in [0.05, 0.1) is 4.99 Å². The van der Waals surface area contributed by atoms with Crippen molar-refractivity contribution in [1.29, 1.82) is 0 Å². The molecule has 0 aromatic carbocycles. The van der Waals surface area contributed by atoms with Gasteiger partial charge in [-0.25, -0.2) is 0 Å². The molecule has 0 aromatic heterocycles. The second-order valence-electron chi connectivity index (χ2n) is 2.84. The number of hydrogen-bond acceptors (Lipinski definition) is 1. The maximum absolute atomic E-state index is 5.24. The lowest BCUT2D eigenvalue weighted by Gasteiger charge is -2.17. The Bertz CT molecular complexity index is 116. The lowest BCUT2D eigenvalue weighted by molar-refractivity contribution is 0.516. The van der Waals surface area contributed by atoms with E-state index in [-0.39, 0.29) is 0 Å². The summed E-state index contributed by atoms with van der Waals surface area (Å²) < 4.78 is 0. The molecule has 0 saturated carbocycles. The molecule has 0 atom stereocenters. The lowest BCUT2D eigenvalue weighted by Crippen LogP contribution is -2.25. The summed E-state index contributed by atoms with van der Waals surface area (Å²) in [5.74, 6) is 0. The van der Waals surface area contributed by atoms with E-state index in [2.05, 4.69) is 11.8 Å². The summed E-state index contributed by atoms with van der Waals surface area (Å²) in [5.41, 5.74) is 0. The van der Waals surface area contributed by atoms with Crippen LogP contribution in [0.5, 0.6) is 0 Å². The topological polar surface area (TPSA) is 3.24 Å². The molecule has 0 bridgehead atoms. The molecule has 1 saturated heterocycles. The fraction of sp³-hybridized carbons (Fsp3) is 0.875. The van der Waals surface area contributed by atoms with Crippen molar-refractivity contribution in [1.82, 2.24) is 4.90 Å². The average Bonchev–Trinajstić information content (AvgIpc) is 2.38. The van der Waals surface area contributed by atoms with E-state index in [1.165, 1.54) is 37.3 Å². The summed E-state index contributed by atoms with van der Waals surface area (Å²) in [4.78, 5) is 3.53. The predicted octanol–water partition coefficient (Wildman–Crippen LogP) is 2.21. The molecule has 0 aliphatic carbocycles. The van der Waals surface area contributed by atoms with Crippen molar-refractivity contribution in [3.63, 3.8) is 0 Å². The average molecular weight is 157 g/mol. The summed E-state index contributed by atoms with van der Waals surface area (Å²) in [7, 11) is 0. The maximum Gasteiger partial charge on any atom is 0.0779 e. The first kappa shape index (κ1) is 7.99. The van der Waals surface area contributed by atoms with Gasteiger partial charge in [0, 0.05) is 13.1 Å². The van der Waals surface area contributed by atoms with Gasteiger partial charge in [0.1, 0.15) is 0 Å². The SMILES string of the molecule is CCCC(=S)N1CCCC1. The smallest absolute Gasteiger partial charge is 0.0779 e. The molecule has 1 heterocycles. The Morgan fingerprint density at radius 1 is 1.40 bits per heavy atom. The molecule has 1 fully saturated rings. The van der Waals surface area contributed by atoms with E-state index in [4.69, 9.17) is 12.2 Å². The molecule has 1 nitrogen and oxygen atoms in total. The molecular formula is C8H15NS. The Hall–Kier alpha value is -0.110. The van der Waals surface area contributed by atoms with Crippen LogP contribution in [0.3, 0.4) is 0 Å². The maximum atomic E-state index is 5.24. The molecule has 0 amide bonds. The van der Waals surface area contributed by atoms with Gasteiger partial charge in [0.15, 0.2) is 0 Å². The Labute approximate surface area is 68.4 Å². The van der Waals surface area contributed by atoms with E-state index in [0.717, 1.165) is 6.42 Å². The minimum atomic E-state index is 1.11. The van der Waals surface area contributed by atoms with Gasteiger partial charge in [0.25, 0.3) is 0 Å². The summed E-state index contributed by atoms with van der Waals surface area (Å²) in [6.45, 7) is 4.60. The molecule has 0 aromatic rings. The standard InChI is InChI=1S/C8H15NS/c1-2-5-8(10)9-6-3-4-7-9/h2-7H2,1H3. The first-order chi connectivity index (χ1) is 4.84. The molecule has 0 N–H and O–H groups in total. The highest BCUT2D eigenvalue weighted by molar-refractivity contribution is 7.80. The lowest BCUT2D eigenvalue weighted by atomic mass is 10.3. The van der Waals surface area contributed by atoms with Crippen LogP contribution in [0.15, 0.2) is 0 Å². The molecule has 0 spiro atoms. The van der Waals surface area contributed by atoms with Crippen LogP contribution in [0.1, 0.15) is 32.6 Å². The van der Waals surface area contributed by atoms with E-state index < -0.39 is 0 Å². The molecule has 58 valence electrons. The van der Waals surface area contributed by atoms with Crippen molar-refractivity contribution < 1.29 is 0 Å². The summed E-state index contributed by atoms with van der Waals surface area (Å²) >= 11 is 5.24. The predicted molar refractivity (Wildman–Crippen MR) is 48.3 cm³/mol. The number of likely N-dealkylation sites (tertiary alicyclic amines) is 1. The van der Waals surface area contributed by atoms with Crippen molar-refractivity contribution in [2.24, 2.45) is 0 Å². The van der Waals surface area contributed by atoms with E-state index >= 15 is 0 Å². The van der Waals surface area contributed by atoms with Crippen molar-refractivity contribution in [2.45, 2.75) is 32.6 Å². The van der Waals surface area contributed by atoms with E-state index in [1.807, 2.05) is 0 Å². The van der Waals surface area contributed by atoms with Crippen molar-refractivity contribution in [3.05, 3.63) is 0 Å². The Balaban J connectivity index is 2.25. The largest absolute Gasteiger partial charge is 0.366 e. The minimum Gasteiger partial charge on any atom is -0.366 e. The van der Waals surface area contributed by atoms with Gasteiger partial charge in [-0.2, -0.15) is 0 Å². The highest BCUT2D eigenvalue weighted by atomic mass is 32.1. The third kappa shape index (κ3) is 1.94. The van der Waals surface area contributed by atoms with Gasteiger partial charge in [-0.05, 0) is 25.7 Å². The fourth-order valence-corrected chi connectivity index (χ4v) is 1.73. The number of rotatable bonds is 2. The van der Waals surface area contributed by atoms with Crippen molar-refractivity contribution >= 4 is 17.2 Å². The molecule has 1 rings (SSSR count). The summed E-state index contributed by atoms with van der Waals surface area (Å²) in [5, 5.41) is 0.